The van der Waals surface area contributed by atoms with Crippen LogP contribution in [0, 0.1) is 0 Å². The van der Waals surface area contributed by atoms with E-state index in [0.29, 0.717) is 23.4 Å². The number of halogens is 1. The molecule has 3 rings (SSSR count). The molecule has 1 aromatic carbocycles. The molecule has 0 spiro atoms. The van der Waals surface area contributed by atoms with Crippen LogP contribution in [0.1, 0.15) is 47.3 Å². The largest absolute Gasteiger partial charge is 0.487 e. The summed E-state index contributed by atoms with van der Waals surface area (Å²) < 4.78 is 5.71. The van der Waals surface area contributed by atoms with Crippen LogP contribution in [0.2, 0.25) is 5.02 Å². The Labute approximate surface area is 145 Å². The molecule has 0 atom stereocenters. The molecule has 3 nitrogen and oxygen atoms in total. The van der Waals surface area contributed by atoms with Gasteiger partial charge in [-0.1, -0.05) is 43.0 Å². The first-order valence-corrected chi connectivity index (χ1v) is 9.24. The van der Waals surface area contributed by atoms with Crippen molar-refractivity contribution < 1.29 is 9.53 Å². The van der Waals surface area contributed by atoms with Gasteiger partial charge in [0.15, 0.2) is 0 Å². The zero-order chi connectivity index (χ0) is 16.1. The molecule has 1 aromatic heterocycles. The lowest BCUT2D eigenvalue weighted by molar-refractivity contribution is 0.0932. The maximum absolute atomic E-state index is 12.3. The second kappa shape index (κ2) is 7.84. The van der Waals surface area contributed by atoms with Gasteiger partial charge in [-0.05, 0) is 36.4 Å². The number of rotatable bonds is 5. The fourth-order valence-electron chi connectivity index (χ4n) is 2.80. The number of para-hydroxylation sites is 1. The number of thiophene rings is 1. The molecule has 23 heavy (non-hydrogen) atoms. The van der Waals surface area contributed by atoms with Gasteiger partial charge in [0.2, 0.25) is 0 Å². The van der Waals surface area contributed by atoms with E-state index < -0.39 is 0 Å². The van der Waals surface area contributed by atoms with E-state index in [0.717, 1.165) is 23.3 Å². The summed E-state index contributed by atoms with van der Waals surface area (Å²) in [5.74, 6) is 0.694. The second-order valence-electron chi connectivity index (χ2n) is 5.85. The molecule has 122 valence electrons. The quantitative estimate of drug-likeness (QED) is 0.820. The van der Waals surface area contributed by atoms with Crippen molar-refractivity contribution in [1.82, 2.24) is 5.32 Å². The molecule has 0 radical (unpaired) electrons. The highest BCUT2D eigenvalue weighted by atomic mass is 35.5. The Balaban J connectivity index is 1.55. The molecule has 0 aliphatic heterocycles. The van der Waals surface area contributed by atoms with Crippen LogP contribution < -0.4 is 10.1 Å². The van der Waals surface area contributed by atoms with Gasteiger partial charge in [-0.2, -0.15) is 0 Å². The molecule has 1 amide bonds. The zero-order valence-corrected chi connectivity index (χ0v) is 14.5. The van der Waals surface area contributed by atoms with Gasteiger partial charge < -0.3 is 10.1 Å². The minimum Gasteiger partial charge on any atom is -0.487 e. The van der Waals surface area contributed by atoms with Crippen LogP contribution in [0.25, 0.3) is 0 Å². The van der Waals surface area contributed by atoms with E-state index in [9.17, 15) is 4.79 Å². The van der Waals surface area contributed by atoms with E-state index in [-0.39, 0.29) is 5.91 Å². The first-order chi connectivity index (χ1) is 11.2. The Kier molecular flexibility index (Phi) is 5.57. The summed E-state index contributed by atoms with van der Waals surface area (Å²) in [6.07, 6.45) is 5.91. The zero-order valence-electron chi connectivity index (χ0n) is 12.9. The van der Waals surface area contributed by atoms with Crippen LogP contribution in [0.5, 0.6) is 5.75 Å². The molecule has 1 aliphatic carbocycles. The smallest absolute Gasteiger partial charge is 0.261 e. The summed E-state index contributed by atoms with van der Waals surface area (Å²) in [4.78, 5) is 13.0. The number of hydrogen-bond acceptors (Lipinski definition) is 3. The summed E-state index contributed by atoms with van der Waals surface area (Å²) >= 11 is 7.53. The SMILES string of the molecule is O=C(NC1CCCCC1)c1cc(COc2ccccc2Cl)cs1. The van der Waals surface area contributed by atoms with E-state index in [1.807, 2.05) is 29.6 Å². The fraction of sp³-hybridized carbons (Fsp3) is 0.389. The fourth-order valence-corrected chi connectivity index (χ4v) is 3.79. The highest BCUT2D eigenvalue weighted by molar-refractivity contribution is 7.12. The average molecular weight is 350 g/mol. The number of carbonyl (C=O) groups is 1. The van der Waals surface area contributed by atoms with Gasteiger partial charge in [0.25, 0.3) is 5.91 Å². The monoisotopic (exact) mass is 349 g/mol. The first kappa shape index (κ1) is 16.3. The van der Waals surface area contributed by atoms with E-state index in [1.54, 1.807) is 6.07 Å². The normalized spacial score (nSPS) is 15.3. The predicted octanol–water partition coefficient (Wildman–Crippen LogP) is 5.04. The molecule has 1 N–H and O–H groups in total. The minimum atomic E-state index is 0.0332. The van der Waals surface area contributed by atoms with Gasteiger partial charge in [0.05, 0.1) is 9.90 Å². The van der Waals surface area contributed by atoms with Crippen molar-refractivity contribution in [1.29, 1.82) is 0 Å². The third kappa shape index (κ3) is 4.49. The number of amides is 1. The standard InChI is InChI=1S/C18H20ClNO2S/c19-15-8-4-5-9-16(15)22-11-13-10-17(23-12-13)18(21)20-14-6-2-1-3-7-14/h4-5,8-10,12,14H,1-3,6-7,11H2,(H,20,21). The molecule has 0 unspecified atom stereocenters. The van der Waals surface area contributed by atoms with Crippen LogP contribution in [0.15, 0.2) is 35.7 Å². The Bertz CT molecular complexity index is 665. The minimum absolute atomic E-state index is 0.0332. The third-order valence-electron chi connectivity index (χ3n) is 4.05. The molecule has 1 heterocycles. The van der Waals surface area contributed by atoms with Gasteiger partial charge in [0.1, 0.15) is 12.4 Å². The Morgan fingerprint density at radius 3 is 2.83 bits per heavy atom. The maximum atomic E-state index is 12.3. The maximum Gasteiger partial charge on any atom is 0.261 e. The van der Waals surface area contributed by atoms with Crippen LogP contribution in [-0.2, 0) is 6.61 Å². The van der Waals surface area contributed by atoms with Crippen molar-refractivity contribution in [3.8, 4) is 5.75 Å². The lowest BCUT2D eigenvalue weighted by Crippen LogP contribution is -2.35. The van der Waals surface area contributed by atoms with Gasteiger partial charge in [-0.25, -0.2) is 0 Å². The molecule has 1 saturated carbocycles. The van der Waals surface area contributed by atoms with E-state index in [1.165, 1.54) is 30.6 Å². The highest BCUT2D eigenvalue weighted by Gasteiger charge is 2.17. The molecule has 0 bridgehead atoms. The van der Waals surface area contributed by atoms with Crippen LogP contribution in [0.3, 0.4) is 0 Å². The summed E-state index contributed by atoms with van der Waals surface area (Å²) in [7, 11) is 0. The van der Waals surface area contributed by atoms with Crippen molar-refractivity contribution in [3.63, 3.8) is 0 Å². The highest BCUT2D eigenvalue weighted by Crippen LogP contribution is 2.25. The van der Waals surface area contributed by atoms with Crippen LogP contribution >= 0.6 is 22.9 Å². The molecule has 1 fully saturated rings. The Hall–Kier alpha value is -1.52. The topological polar surface area (TPSA) is 38.3 Å². The molecular formula is C18H20ClNO2S. The van der Waals surface area contributed by atoms with Crippen molar-refractivity contribution in [2.45, 2.75) is 44.8 Å². The first-order valence-electron chi connectivity index (χ1n) is 7.98. The summed E-state index contributed by atoms with van der Waals surface area (Å²) in [6.45, 7) is 0.414. The molecule has 1 aliphatic rings. The van der Waals surface area contributed by atoms with Gasteiger partial charge in [-0.15, -0.1) is 11.3 Å². The molecular weight excluding hydrogens is 330 g/mol. The second-order valence-corrected chi connectivity index (χ2v) is 7.17. The predicted molar refractivity (Wildman–Crippen MR) is 94.4 cm³/mol. The third-order valence-corrected chi connectivity index (χ3v) is 5.34. The molecule has 2 aromatic rings. The number of benzene rings is 1. The molecule has 5 heteroatoms. The van der Waals surface area contributed by atoms with E-state index in [2.05, 4.69) is 5.32 Å². The van der Waals surface area contributed by atoms with Gasteiger partial charge in [0, 0.05) is 11.6 Å². The van der Waals surface area contributed by atoms with Crippen molar-refractivity contribution in [2.75, 3.05) is 0 Å². The Morgan fingerprint density at radius 2 is 2.04 bits per heavy atom. The van der Waals surface area contributed by atoms with Crippen molar-refractivity contribution >= 4 is 28.8 Å². The number of ether oxygens (including phenoxy) is 1. The van der Waals surface area contributed by atoms with Crippen molar-refractivity contribution in [2.24, 2.45) is 0 Å². The lowest BCUT2D eigenvalue weighted by Gasteiger charge is -2.22. The summed E-state index contributed by atoms with van der Waals surface area (Å²) in [5.41, 5.74) is 0.990. The Morgan fingerprint density at radius 1 is 1.26 bits per heavy atom. The van der Waals surface area contributed by atoms with E-state index >= 15 is 0 Å². The lowest BCUT2D eigenvalue weighted by atomic mass is 9.95. The number of hydrogen-bond donors (Lipinski definition) is 1. The molecule has 0 saturated heterocycles. The van der Waals surface area contributed by atoms with Crippen molar-refractivity contribution in [3.05, 3.63) is 51.2 Å². The van der Waals surface area contributed by atoms with Crippen LogP contribution in [-0.4, -0.2) is 11.9 Å². The van der Waals surface area contributed by atoms with Gasteiger partial charge in [-0.3, -0.25) is 4.79 Å². The average Bonchev–Trinajstić information content (AvgIpc) is 3.04. The summed E-state index contributed by atoms with van der Waals surface area (Å²) in [6, 6.07) is 9.63. The van der Waals surface area contributed by atoms with Crippen LogP contribution in [0.4, 0.5) is 0 Å². The number of carbonyl (C=O) groups excluding carboxylic acids is 1. The summed E-state index contributed by atoms with van der Waals surface area (Å²) in [5, 5.41) is 5.70. The number of nitrogens with one attached hydrogen (secondary N) is 1. The van der Waals surface area contributed by atoms with Gasteiger partial charge >= 0.3 is 0 Å². The van der Waals surface area contributed by atoms with E-state index in [4.69, 9.17) is 16.3 Å².